The second-order valence-corrected chi connectivity index (χ2v) is 5.44. The van der Waals surface area contributed by atoms with E-state index in [1.54, 1.807) is 60.7 Å². The van der Waals surface area contributed by atoms with Gasteiger partial charge in [0.1, 0.15) is 0 Å². The Hall–Kier alpha value is -3.44. The number of carboxylic acids is 1. The van der Waals surface area contributed by atoms with Crippen LogP contribution in [-0.4, -0.2) is 22.1 Å². The van der Waals surface area contributed by atoms with Gasteiger partial charge in [0.15, 0.2) is 5.78 Å². The van der Waals surface area contributed by atoms with Crippen molar-refractivity contribution < 1.29 is 19.9 Å². The summed E-state index contributed by atoms with van der Waals surface area (Å²) in [5.41, 5.74) is 5.51. The van der Waals surface area contributed by atoms with Crippen LogP contribution < -0.4 is 5.48 Å². The minimum Gasteiger partial charge on any atom is -0.478 e. The average Bonchev–Trinajstić information content (AvgIpc) is 2.64. The summed E-state index contributed by atoms with van der Waals surface area (Å²) >= 11 is 0. The van der Waals surface area contributed by atoms with E-state index in [0.717, 1.165) is 11.1 Å². The average molecular weight is 333 g/mol. The number of carboxylic acid groups (broad SMARTS) is 1. The summed E-state index contributed by atoms with van der Waals surface area (Å²) in [4.78, 5) is 23.1. The maximum Gasteiger partial charge on any atom is 0.336 e. The highest BCUT2D eigenvalue weighted by Crippen LogP contribution is 2.32. The van der Waals surface area contributed by atoms with Gasteiger partial charge in [-0.2, -0.15) is 0 Å². The summed E-state index contributed by atoms with van der Waals surface area (Å²) in [7, 11) is 0. The smallest absolute Gasteiger partial charge is 0.336 e. The van der Waals surface area contributed by atoms with Crippen LogP contribution in [0.2, 0.25) is 0 Å². The van der Waals surface area contributed by atoms with Crippen molar-refractivity contribution in [3.8, 4) is 0 Å². The molecule has 0 saturated heterocycles. The lowest BCUT2D eigenvalue weighted by atomic mass is 9.88. The Morgan fingerprint density at radius 3 is 2.00 bits per heavy atom. The van der Waals surface area contributed by atoms with Gasteiger partial charge in [0, 0.05) is 0 Å². The molecule has 0 heterocycles. The molecule has 1 aliphatic rings. The van der Waals surface area contributed by atoms with E-state index in [9.17, 15) is 14.7 Å². The highest BCUT2D eigenvalue weighted by Gasteiger charge is 2.17. The molecule has 0 aliphatic heterocycles. The molecule has 0 bridgehead atoms. The molecule has 0 spiro atoms. The zero-order chi connectivity index (χ0) is 17.8. The molecule has 2 aromatic rings. The van der Waals surface area contributed by atoms with Gasteiger partial charge in [-0.3, -0.25) is 15.5 Å². The maximum absolute atomic E-state index is 11.6. The van der Waals surface area contributed by atoms with E-state index in [-0.39, 0.29) is 11.3 Å². The van der Waals surface area contributed by atoms with Crippen molar-refractivity contribution in [3.63, 3.8) is 0 Å². The molecule has 5 nitrogen and oxygen atoms in total. The second-order valence-electron chi connectivity index (χ2n) is 5.44. The number of carbonyl (C=O) groups excluding carboxylic acids is 1. The first kappa shape index (κ1) is 16.4. The van der Waals surface area contributed by atoms with Gasteiger partial charge >= 0.3 is 5.97 Å². The van der Waals surface area contributed by atoms with Crippen LogP contribution in [0, 0.1) is 0 Å². The predicted octanol–water partition coefficient (Wildman–Crippen LogP) is 3.68. The minimum absolute atomic E-state index is 0.116. The summed E-state index contributed by atoms with van der Waals surface area (Å²) in [6.45, 7) is 0. The third-order valence-corrected chi connectivity index (χ3v) is 3.87. The molecular formula is C20H15NO4. The Labute approximate surface area is 144 Å². The van der Waals surface area contributed by atoms with E-state index in [2.05, 4.69) is 5.48 Å². The molecular weight excluding hydrogens is 318 g/mol. The Morgan fingerprint density at radius 2 is 1.44 bits per heavy atom. The third-order valence-electron chi connectivity index (χ3n) is 3.87. The number of rotatable bonds is 4. The quantitative estimate of drug-likeness (QED) is 0.743. The molecule has 0 radical (unpaired) electrons. The highest BCUT2D eigenvalue weighted by molar-refractivity contribution is 6.04. The zero-order valence-electron chi connectivity index (χ0n) is 13.1. The van der Waals surface area contributed by atoms with Crippen LogP contribution in [0.3, 0.4) is 0 Å². The number of hydrogen-bond donors (Lipinski definition) is 3. The van der Waals surface area contributed by atoms with Crippen molar-refractivity contribution >= 4 is 23.0 Å². The third kappa shape index (κ3) is 3.41. The Morgan fingerprint density at radius 1 is 0.840 bits per heavy atom. The van der Waals surface area contributed by atoms with Crippen molar-refractivity contribution in [1.82, 2.24) is 0 Å². The topological polar surface area (TPSA) is 86.6 Å². The van der Waals surface area contributed by atoms with Gasteiger partial charge in [0.25, 0.3) is 0 Å². The standard InChI is InChI=1S/C20H15NO4/c22-16-11-7-14(8-12-16)19(13-5-9-15(21-25)10-6-13)17-3-1-2-4-18(17)20(23)24/h1-12,21,25H,(H,23,24). The Bertz CT molecular complexity index is 903. The van der Waals surface area contributed by atoms with Gasteiger partial charge in [0.05, 0.1) is 11.3 Å². The van der Waals surface area contributed by atoms with Gasteiger partial charge in [-0.15, -0.1) is 0 Å². The maximum atomic E-state index is 11.6. The summed E-state index contributed by atoms with van der Waals surface area (Å²) in [6, 6.07) is 13.6. The fraction of sp³-hybridized carbons (Fsp3) is 0. The van der Waals surface area contributed by atoms with E-state index in [0.29, 0.717) is 16.8 Å². The molecule has 0 aromatic heterocycles. The number of anilines is 1. The first-order valence-corrected chi connectivity index (χ1v) is 7.58. The number of carbonyl (C=O) groups is 2. The summed E-state index contributed by atoms with van der Waals surface area (Å²) < 4.78 is 0. The van der Waals surface area contributed by atoms with Crippen LogP contribution in [0.5, 0.6) is 0 Å². The normalized spacial score (nSPS) is 13.0. The number of ketones is 1. The lowest BCUT2D eigenvalue weighted by Gasteiger charge is -2.16. The molecule has 3 N–H and O–H groups in total. The SMILES string of the molecule is O=C1C=CC(=C(c2ccc(NO)cc2)c2ccccc2C(=O)O)C=C1. The molecule has 0 amide bonds. The van der Waals surface area contributed by atoms with Gasteiger partial charge < -0.3 is 5.11 Å². The monoisotopic (exact) mass is 333 g/mol. The lowest BCUT2D eigenvalue weighted by molar-refractivity contribution is -0.110. The number of allylic oxidation sites excluding steroid dienone is 5. The first-order valence-electron chi connectivity index (χ1n) is 7.58. The van der Waals surface area contributed by atoms with Gasteiger partial charge in [-0.1, -0.05) is 42.5 Å². The fourth-order valence-electron chi connectivity index (χ4n) is 2.70. The van der Waals surface area contributed by atoms with Crippen LogP contribution in [-0.2, 0) is 4.79 Å². The highest BCUT2D eigenvalue weighted by atomic mass is 16.5. The number of hydrogen-bond acceptors (Lipinski definition) is 4. The van der Waals surface area contributed by atoms with Crippen LogP contribution >= 0.6 is 0 Å². The minimum atomic E-state index is -1.03. The van der Waals surface area contributed by atoms with Crippen molar-refractivity contribution in [3.05, 3.63) is 95.1 Å². The van der Waals surface area contributed by atoms with Gasteiger partial charge in [0.2, 0.25) is 0 Å². The molecule has 0 unspecified atom stereocenters. The van der Waals surface area contributed by atoms with Gasteiger partial charge in [-0.05, 0) is 52.6 Å². The van der Waals surface area contributed by atoms with Crippen molar-refractivity contribution in [2.75, 3.05) is 5.48 Å². The van der Waals surface area contributed by atoms with Crippen LogP contribution in [0.25, 0.3) is 5.57 Å². The molecule has 124 valence electrons. The first-order chi connectivity index (χ1) is 12.1. The zero-order valence-corrected chi connectivity index (χ0v) is 13.1. The molecule has 0 saturated carbocycles. The molecule has 1 aliphatic carbocycles. The molecule has 5 heteroatoms. The van der Waals surface area contributed by atoms with E-state index < -0.39 is 5.97 Å². The fourth-order valence-corrected chi connectivity index (χ4v) is 2.70. The largest absolute Gasteiger partial charge is 0.478 e. The molecule has 2 aromatic carbocycles. The Kier molecular flexibility index (Phi) is 4.59. The number of aromatic carboxylic acids is 1. The van der Waals surface area contributed by atoms with Crippen molar-refractivity contribution in [1.29, 1.82) is 0 Å². The van der Waals surface area contributed by atoms with Gasteiger partial charge in [-0.25, -0.2) is 4.79 Å². The summed E-state index contributed by atoms with van der Waals surface area (Å²) in [5, 5.41) is 18.5. The second kappa shape index (κ2) is 6.98. The van der Waals surface area contributed by atoms with Crippen LogP contribution in [0.15, 0.2) is 78.4 Å². The number of nitrogens with one attached hydrogen (secondary N) is 1. The van der Waals surface area contributed by atoms with Crippen molar-refractivity contribution in [2.24, 2.45) is 0 Å². The molecule has 3 rings (SSSR count). The lowest BCUT2D eigenvalue weighted by Crippen LogP contribution is -2.05. The molecule has 25 heavy (non-hydrogen) atoms. The van der Waals surface area contributed by atoms with Crippen LogP contribution in [0.4, 0.5) is 5.69 Å². The number of benzene rings is 2. The van der Waals surface area contributed by atoms with E-state index in [4.69, 9.17) is 5.21 Å². The molecule has 0 atom stereocenters. The van der Waals surface area contributed by atoms with E-state index in [1.807, 2.05) is 0 Å². The van der Waals surface area contributed by atoms with E-state index >= 15 is 0 Å². The van der Waals surface area contributed by atoms with E-state index in [1.165, 1.54) is 12.2 Å². The predicted molar refractivity (Wildman–Crippen MR) is 94.6 cm³/mol. The molecule has 0 fully saturated rings. The van der Waals surface area contributed by atoms with Crippen molar-refractivity contribution in [2.45, 2.75) is 0 Å². The van der Waals surface area contributed by atoms with Crippen LogP contribution in [0.1, 0.15) is 21.5 Å². The Balaban J connectivity index is 2.25. The summed E-state index contributed by atoms with van der Waals surface area (Å²) in [6.07, 6.45) is 6.24. The summed E-state index contributed by atoms with van der Waals surface area (Å²) in [5.74, 6) is -1.14.